The van der Waals surface area contributed by atoms with Gasteiger partial charge in [-0.1, -0.05) is 11.1 Å². The molecule has 0 amide bonds. The Labute approximate surface area is 79.9 Å². The predicted molar refractivity (Wildman–Crippen MR) is 46.7 cm³/mol. The van der Waals surface area contributed by atoms with E-state index in [1.165, 1.54) is 6.92 Å². The molecule has 0 heterocycles. The third kappa shape index (κ3) is 3.44. The first kappa shape index (κ1) is 10.7. The van der Waals surface area contributed by atoms with Crippen LogP contribution in [0.5, 0.6) is 0 Å². The summed E-state index contributed by atoms with van der Waals surface area (Å²) in [5.74, 6) is -0.285. The molecule has 0 saturated heterocycles. The second kappa shape index (κ2) is 4.72. The summed E-state index contributed by atoms with van der Waals surface area (Å²) in [5, 5.41) is -0.244. The maximum atomic E-state index is 10.6. The summed E-state index contributed by atoms with van der Waals surface area (Å²) in [7, 11) is 0. The van der Waals surface area contributed by atoms with Crippen LogP contribution in [-0.2, 0) is 20.6 Å². The lowest BCUT2D eigenvalue weighted by atomic mass is 9.97. The Balaban J connectivity index is 2.30. The van der Waals surface area contributed by atoms with Gasteiger partial charge in [-0.25, -0.2) is 0 Å². The molecule has 0 aliphatic heterocycles. The van der Waals surface area contributed by atoms with Crippen molar-refractivity contribution in [2.24, 2.45) is 0 Å². The van der Waals surface area contributed by atoms with Crippen molar-refractivity contribution in [2.75, 3.05) is 0 Å². The fourth-order valence-corrected chi connectivity index (χ4v) is 2.23. The van der Waals surface area contributed by atoms with Crippen LogP contribution in [0.1, 0.15) is 32.6 Å². The molecule has 1 rings (SSSR count). The van der Waals surface area contributed by atoms with Gasteiger partial charge in [0.25, 0.3) is 0 Å². The van der Waals surface area contributed by atoms with Crippen LogP contribution in [0.3, 0.4) is 0 Å². The molecule has 0 spiro atoms. The van der Waals surface area contributed by atoms with Gasteiger partial charge in [0.15, 0.2) is 0 Å². The fraction of sp³-hybridized carbons (Fsp3) is 0.875. The van der Waals surface area contributed by atoms with Crippen LogP contribution in [0, 0.1) is 0 Å². The summed E-state index contributed by atoms with van der Waals surface area (Å²) in [6.45, 7) is 1.37. The third-order valence-corrected chi connectivity index (χ3v) is 3.24. The van der Waals surface area contributed by atoms with Crippen molar-refractivity contribution in [3.05, 3.63) is 0 Å². The van der Waals surface area contributed by atoms with Crippen molar-refractivity contribution in [3.63, 3.8) is 0 Å². The minimum absolute atomic E-state index is 0.0719. The Hall–Kier alpha value is -0.420. The molecule has 5 heteroatoms. The molecule has 0 aromatic carbocycles. The number of carbonyl (C=O) groups is 1. The lowest BCUT2D eigenvalue weighted by molar-refractivity contribution is -0.147. The van der Waals surface area contributed by atoms with Gasteiger partial charge in [0, 0.05) is 12.2 Å². The Morgan fingerprint density at radius 2 is 1.92 bits per heavy atom. The first-order valence-corrected chi connectivity index (χ1v) is 5.48. The normalized spacial score (nSPS) is 30.9. The van der Waals surface area contributed by atoms with Crippen molar-refractivity contribution in [1.29, 1.82) is 0 Å². The number of esters is 1. The quantitative estimate of drug-likeness (QED) is 0.492. The number of carbonyl (C=O) groups excluding carboxylic acids is 1. The number of ether oxygens (including phenoxy) is 1. The zero-order chi connectivity index (χ0) is 9.84. The summed E-state index contributed by atoms with van der Waals surface area (Å²) < 4.78 is 26.1. The topological polar surface area (TPSA) is 66.4 Å². The predicted octanol–water partition coefficient (Wildman–Crippen LogP) is 0.740. The van der Waals surface area contributed by atoms with Crippen LogP contribution in [0.15, 0.2) is 0 Å². The largest absolute Gasteiger partial charge is 0.772 e. The summed E-state index contributed by atoms with van der Waals surface area (Å²) in [6.07, 6.45) is 2.47. The van der Waals surface area contributed by atoms with Gasteiger partial charge in [-0.3, -0.25) is 9.00 Å². The Kier molecular flexibility index (Phi) is 3.87. The molecule has 4 nitrogen and oxygen atoms in total. The molecule has 76 valence electrons. The van der Waals surface area contributed by atoms with Crippen LogP contribution in [0.2, 0.25) is 0 Å². The lowest BCUT2D eigenvalue weighted by Crippen LogP contribution is -2.28. The molecular formula is C8H13O4S-. The van der Waals surface area contributed by atoms with Crippen molar-refractivity contribution in [3.8, 4) is 0 Å². The number of hydrogen-bond acceptors (Lipinski definition) is 4. The molecule has 13 heavy (non-hydrogen) atoms. The van der Waals surface area contributed by atoms with Gasteiger partial charge in [0.1, 0.15) is 6.10 Å². The summed E-state index contributed by atoms with van der Waals surface area (Å²) in [5.41, 5.74) is 0. The fourth-order valence-electron chi connectivity index (χ4n) is 1.58. The molecule has 1 fully saturated rings. The second-order valence-corrected chi connectivity index (χ2v) is 4.46. The molecule has 1 saturated carbocycles. The first-order chi connectivity index (χ1) is 6.09. The molecule has 0 N–H and O–H groups in total. The molecule has 1 atom stereocenters. The molecule has 0 aromatic heterocycles. The van der Waals surface area contributed by atoms with E-state index in [1.807, 2.05) is 0 Å². The highest BCUT2D eigenvalue weighted by Gasteiger charge is 2.23. The number of hydrogen-bond donors (Lipinski definition) is 0. The number of rotatable bonds is 2. The SMILES string of the molecule is CC(=O)OC1CCC(S(=O)[O-])CC1. The maximum absolute atomic E-state index is 10.6. The first-order valence-electron chi connectivity index (χ1n) is 4.35. The van der Waals surface area contributed by atoms with Crippen LogP contribution in [0.4, 0.5) is 0 Å². The van der Waals surface area contributed by atoms with Crippen LogP contribution >= 0.6 is 0 Å². The van der Waals surface area contributed by atoms with Crippen LogP contribution < -0.4 is 0 Å². The molecule has 0 bridgehead atoms. The molecule has 1 unspecified atom stereocenters. The van der Waals surface area contributed by atoms with Gasteiger partial charge in [0.2, 0.25) is 0 Å². The zero-order valence-electron chi connectivity index (χ0n) is 7.52. The Morgan fingerprint density at radius 1 is 1.38 bits per heavy atom. The summed E-state index contributed by atoms with van der Waals surface area (Å²) >= 11 is -1.97. The van der Waals surface area contributed by atoms with E-state index in [-0.39, 0.29) is 17.3 Å². The van der Waals surface area contributed by atoms with Crippen LogP contribution in [-0.4, -0.2) is 26.1 Å². The van der Waals surface area contributed by atoms with Gasteiger partial charge in [0.05, 0.1) is 0 Å². The average molecular weight is 205 g/mol. The molecule has 1 aliphatic rings. The van der Waals surface area contributed by atoms with Crippen molar-refractivity contribution in [1.82, 2.24) is 0 Å². The Morgan fingerprint density at radius 3 is 2.31 bits per heavy atom. The highest BCUT2D eigenvalue weighted by atomic mass is 32.2. The van der Waals surface area contributed by atoms with Gasteiger partial charge >= 0.3 is 5.97 Å². The molecule has 0 radical (unpaired) electrons. The molecule has 0 aromatic rings. The average Bonchev–Trinajstić information content (AvgIpc) is 2.04. The molecule has 1 aliphatic carbocycles. The van der Waals surface area contributed by atoms with Gasteiger partial charge < -0.3 is 9.29 Å². The van der Waals surface area contributed by atoms with E-state index in [1.54, 1.807) is 0 Å². The highest BCUT2D eigenvalue weighted by molar-refractivity contribution is 7.79. The zero-order valence-corrected chi connectivity index (χ0v) is 8.34. The van der Waals surface area contributed by atoms with E-state index < -0.39 is 11.1 Å². The van der Waals surface area contributed by atoms with Gasteiger partial charge in [-0.2, -0.15) is 0 Å². The monoisotopic (exact) mass is 205 g/mol. The molecular weight excluding hydrogens is 192 g/mol. The van der Waals surface area contributed by atoms with E-state index in [0.29, 0.717) is 25.7 Å². The van der Waals surface area contributed by atoms with Crippen molar-refractivity contribution in [2.45, 2.75) is 44.0 Å². The van der Waals surface area contributed by atoms with E-state index in [0.717, 1.165) is 0 Å². The van der Waals surface area contributed by atoms with Crippen molar-refractivity contribution < 1.29 is 18.3 Å². The Bertz CT molecular complexity index is 208. The van der Waals surface area contributed by atoms with Gasteiger partial charge in [-0.05, 0) is 25.7 Å². The van der Waals surface area contributed by atoms with Gasteiger partial charge in [-0.15, -0.1) is 0 Å². The smallest absolute Gasteiger partial charge is 0.302 e. The van der Waals surface area contributed by atoms with Crippen LogP contribution in [0.25, 0.3) is 0 Å². The maximum Gasteiger partial charge on any atom is 0.302 e. The standard InChI is InChI=1S/C8H14O4S/c1-6(9)12-7-2-4-8(5-3-7)13(10)11/h7-8H,2-5H2,1H3,(H,10,11)/p-1. The van der Waals surface area contributed by atoms with E-state index in [9.17, 15) is 13.6 Å². The van der Waals surface area contributed by atoms with E-state index in [4.69, 9.17) is 4.74 Å². The minimum atomic E-state index is -1.97. The van der Waals surface area contributed by atoms with E-state index >= 15 is 0 Å². The van der Waals surface area contributed by atoms with Crippen molar-refractivity contribution >= 4 is 17.0 Å². The second-order valence-electron chi connectivity index (χ2n) is 3.27. The third-order valence-electron chi connectivity index (χ3n) is 2.23. The summed E-state index contributed by atoms with van der Waals surface area (Å²) in [6, 6.07) is 0. The van der Waals surface area contributed by atoms with E-state index in [2.05, 4.69) is 0 Å². The highest BCUT2D eigenvalue weighted by Crippen LogP contribution is 2.24. The minimum Gasteiger partial charge on any atom is -0.772 e. The lowest BCUT2D eigenvalue weighted by Gasteiger charge is -2.29. The summed E-state index contributed by atoms with van der Waals surface area (Å²) in [4.78, 5) is 10.6.